The molecule has 0 spiro atoms. The molecule has 1 nitrogen and oxygen atoms in total. The van der Waals surface area contributed by atoms with Gasteiger partial charge in [0.15, 0.2) is 0 Å². The summed E-state index contributed by atoms with van der Waals surface area (Å²) in [6, 6.07) is 4.59. The van der Waals surface area contributed by atoms with Crippen molar-refractivity contribution in [2.45, 2.75) is 25.3 Å². The van der Waals surface area contributed by atoms with Crippen molar-refractivity contribution in [2.75, 3.05) is 6.54 Å². The lowest BCUT2D eigenvalue weighted by atomic mass is 9.92. The first kappa shape index (κ1) is 12.2. The lowest BCUT2D eigenvalue weighted by molar-refractivity contribution is 0.506. The number of hydrogen-bond donors (Lipinski definition) is 1. The Labute approximate surface area is 126 Å². The highest BCUT2D eigenvalue weighted by atomic mass is 35.5. The van der Waals surface area contributed by atoms with Crippen molar-refractivity contribution in [1.82, 2.24) is 5.32 Å². The smallest absolute Gasteiger partial charge is 0.0496 e. The van der Waals surface area contributed by atoms with E-state index in [0.29, 0.717) is 6.04 Å². The van der Waals surface area contributed by atoms with E-state index in [0.717, 1.165) is 35.9 Å². The first-order chi connectivity index (χ1) is 9.25. The Hall–Kier alpha value is -0.540. The van der Waals surface area contributed by atoms with E-state index >= 15 is 0 Å². The number of halogens is 2. The van der Waals surface area contributed by atoms with Crippen molar-refractivity contribution >= 4 is 34.5 Å². The van der Waals surface area contributed by atoms with Crippen molar-refractivity contribution in [3.8, 4) is 0 Å². The van der Waals surface area contributed by atoms with E-state index in [2.05, 4.69) is 22.8 Å². The molecule has 2 aliphatic rings. The molecule has 4 rings (SSSR count). The first-order valence-electron chi connectivity index (χ1n) is 6.53. The Morgan fingerprint density at radius 2 is 2.05 bits per heavy atom. The summed E-state index contributed by atoms with van der Waals surface area (Å²) < 4.78 is 0. The molecule has 98 valence electrons. The third-order valence-corrected chi connectivity index (χ3v) is 5.84. The molecule has 1 unspecified atom stereocenters. The van der Waals surface area contributed by atoms with Gasteiger partial charge >= 0.3 is 0 Å². The van der Waals surface area contributed by atoms with Crippen LogP contribution in [0.5, 0.6) is 0 Å². The summed E-state index contributed by atoms with van der Waals surface area (Å²) in [7, 11) is 0. The van der Waals surface area contributed by atoms with Gasteiger partial charge in [0.05, 0.1) is 0 Å². The van der Waals surface area contributed by atoms with Gasteiger partial charge in [-0.3, -0.25) is 0 Å². The zero-order chi connectivity index (χ0) is 13.0. The van der Waals surface area contributed by atoms with Crippen LogP contribution in [-0.4, -0.2) is 6.54 Å². The average molecular weight is 310 g/mol. The fraction of sp³-hybridized carbons (Fsp3) is 0.333. The second-order valence-electron chi connectivity index (χ2n) is 5.19. The van der Waals surface area contributed by atoms with Gasteiger partial charge in [-0.1, -0.05) is 29.3 Å². The third-order valence-electron chi connectivity index (χ3n) is 4.05. The van der Waals surface area contributed by atoms with E-state index in [9.17, 15) is 0 Å². The molecule has 2 aromatic rings. The normalized spacial score (nSPS) is 20.0. The molecule has 0 fully saturated rings. The van der Waals surface area contributed by atoms with Crippen LogP contribution in [0.1, 0.15) is 33.2 Å². The molecule has 19 heavy (non-hydrogen) atoms. The molecule has 1 N–H and O–H groups in total. The van der Waals surface area contributed by atoms with Crippen LogP contribution in [0.3, 0.4) is 0 Å². The molecule has 4 heteroatoms. The average Bonchev–Trinajstić information content (AvgIpc) is 3.07. The minimum atomic E-state index is 0.304. The summed E-state index contributed by atoms with van der Waals surface area (Å²) in [4.78, 5) is 1.39. The number of benzene rings is 1. The number of fused-ring (bicyclic) bond motifs is 2. The molecule has 0 saturated heterocycles. The molecule has 0 amide bonds. The van der Waals surface area contributed by atoms with Crippen molar-refractivity contribution in [3.63, 3.8) is 0 Å². The van der Waals surface area contributed by atoms with E-state index < -0.39 is 0 Å². The zero-order valence-corrected chi connectivity index (χ0v) is 12.6. The summed E-state index contributed by atoms with van der Waals surface area (Å²) in [5.74, 6) is 0. The van der Waals surface area contributed by atoms with Gasteiger partial charge in [0, 0.05) is 33.8 Å². The van der Waals surface area contributed by atoms with Gasteiger partial charge in [0.25, 0.3) is 0 Å². The minimum absolute atomic E-state index is 0.304. The molecule has 1 aliphatic heterocycles. The summed E-state index contributed by atoms with van der Waals surface area (Å²) >= 11 is 14.9. The minimum Gasteiger partial charge on any atom is -0.309 e. The summed E-state index contributed by atoms with van der Waals surface area (Å²) in [5, 5.41) is 7.66. The molecule has 1 aromatic heterocycles. The van der Waals surface area contributed by atoms with E-state index in [1.807, 2.05) is 0 Å². The lowest BCUT2D eigenvalue weighted by Gasteiger charge is -2.28. The molecule has 0 saturated carbocycles. The molecular formula is C15H13Cl2NS. The standard InChI is InChI=1S/C15H13Cl2NS/c16-14-9-3-4-18-12(6-8-2-1-5-19-8)13(9)15(17)11-7-10(11)14/h1-2,5,12,18H,3-4,6-7H2. The predicted molar refractivity (Wildman–Crippen MR) is 81.7 cm³/mol. The van der Waals surface area contributed by atoms with Crippen LogP contribution in [0.4, 0.5) is 0 Å². The maximum absolute atomic E-state index is 6.57. The monoisotopic (exact) mass is 309 g/mol. The van der Waals surface area contributed by atoms with Gasteiger partial charge in [0.2, 0.25) is 0 Å². The summed E-state index contributed by atoms with van der Waals surface area (Å²) in [6.45, 7) is 0.984. The highest BCUT2D eigenvalue weighted by Crippen LogP contribution is 2.48. The van der Waals surface area contributed by atoms with E-state index in [4.69, 9.17) is 23.2 Å². The van der Waals surface area contributed by atoms with Crippen molar-refractivity contribution in [2.24, 2.45) is 0 Å². The Morgan fingerprint density at radius 3 is 2.84 bits per heavy atom. The molecule has 1 aromatic carbocycles. The second-order valence-corrected chi connectivity index (χ2v) is 6.98. The van der Waals surface area contributed by atoms with Crippen LogP contribution in [0.25, 0.3) is 0 Å². The van der Waals surface area contributed by atoms with E-state index in [1.54, 1.807) is 11.3 Å². The van der Waals surface area contributed by atoms with Crippen LogP contribution in [-0.2, 0) is 19.3 Å². The van der Waals surface area contributed by atoms with Gasteiger partial charge in [-0.25, -0.2) is 0 Å². The third kappa shape index (κ3) is 1.93. The van der Waals surface area contributed by atoms with E-state index in [-0.39, 0.29) is 0 Å². The fourth-order valence-electron chi connectivity index (χ4n) is 3.03. The van der Waals surface area contributed by atoms with Crippen LogP contribution in [0.15, 0.2) is 17.5 Å². The largest absolute Gasteiger partial charge is 0.309 e. The van der Waals surface area contributed by atoms with Crippen LogP contribution >= 0.6 is 34.5 Å². The van der Waals surface area contributed by atoms with Crippen molar-refractivity contribution in [1.29, 1.82) is 0 Å². The van der Waals surface area contributed by atoms with Crippen LogP contribution in [0.2, 0.25) is 10.0 Å². The predicted octanol–water partition coefficient (Wildman–Crippen LogP) is 4.39. The fourth-order valence-corrected chi connectivity index (χ4v) is 4.59. The summed E-state index contributed by atoms with van der Waals surface area (Å²) in [6.07, 6.45) is 2.97. The lowest BCUT2D eigenvalue weighted by Crippen LogP contribution is -2.31. The van der Waals surface area contributed by atoms with Gasteiger partial charge in [-0.2, -0.15) is 0 Å². The Kier molecular flexibility index (Phi) is 2.89. The number of hydrogen-bond acceptors (Lipinski definition) is 2. The molecule has 1 aliphatic carbocycles. The van der Waals surface area contributed by atoms with Crippen LogP contribution < -0.4 is 5.32 Å². The SMILES string of the molecule is Clc1c2c(c(Cl)c3c1CCNC3Cc1cccs1)C2. The van der Waals surface area contributed by atoms with Gasteiger partial charge < -0.3 is 5.32 Å². The number of thiophene rings is 1. The van der Waals surface area contributed by atoms with Gasteiger partial charge in [-0.15, -0.1) is 11.3 Å². The van der Waals surface area contributed by atoms with Crippen molar-refractivity contribution in [3.05, 3.63) is 54.7 Å². The Bertz CT molecular complexity index is 649. The van der Waals surface area contributed by atoms with Gasteiger partial charge in [0.1, 0.15) is 0 Å². The first-order valence-corrected chi connectivity index (χ1v) is 8.16. The Balaban J connectivity index is 1.78. The molecule has 0 radical (unpaired) electrons. The quantitative estimate of drug-likeness (QED) is 0.740. The van der Waals surface area contributed by atoms with Gasteiger partial charge in [-0.05, 0) is 46.7 Å². The molecule has 0 bridgehead atoms. The molecule has 2 heterocycles. The highest BCUT2D eigenvalue weighted by molar-refractivity contribution is 7.09. The maximum atomic E-state index is 6.57. The molecular weight excluding hydrogens is 297 g/mol. The second kappa shape index (κ2) is 4.49. The number of nitrogens with one attached hydrogen (secondary N) is 1. The van der Waals surface area contributed by atoms with Crippen molar-refractivity contribution < 1.29 is 0 Å². The topological polar surface area (TPSA) is 12.0 Å². The highest BCUT2D eigenvalue weighted by Gasteiger charge is 2.34. The zero-order valence-electron chi connectivity index (χ0n) is 10.3. The molecule has 1 atom stereocenters. The maximum Gasteiger partial charge on any atom is 0.0496 e. The Morgan fingerprint density at radius 1 is 1.21 bits per heavy atom. The van der Waals surface area contributed by atoms with E-state index in [1.165, 1.54) is 27.1 Å². The number of rotatable bonds is 2. The summed E-state index contributed by atoms with van der Waals surface area (Å²) in [5.41, 5.74) is 5.08. The van der Waals surface area contributed by atoms with Crippen LogP contribution in [0, 0.1) is 0 Å².